The monoisotopic (exact) mass is 373 g/mol. The second-order valence-corrected chi connectivity index (χ2v) is 6.48. The molecule has 1 aromatic carbocycles. The van der Waals surface area contributed by atoms with Gasteiger partial charge in [-0.05, 0) is 44.5 Å². The van der Waals surface area contributed by atoms with Crippen LogP contribution in [0.4, 0.5) is 0 Å². The molecule has 0 heterocycles. The number of esters is 1. The largest absolute Gasteiger partial charge is 0.497 e. The zero-order valence-electron chi connectivity index (χ0n) is 13.0. The van der Waals surface area contributed by atoms with E-state index in [0.29, 0.717) is 15.8 Å². The van der Waals surface area contributed by atoms with Crippen molar-refractivity contribution in [2.45, 2.75) is 32.4 Å². The van der Waals surface area contributed by atoms with Gasteiger partial charge in [-0.3, -0.25) is 14.9 Å². The standard InChI is InChI=1S/C15H20BrNO5/c1-15(2,3)22-12(18)8-17-13(14(19)20)10-7-9(21-4)5-6-11(10)16/h5-7,13,17H,8H2,1-4H3,(H,19,20). The Morgan fingerprint density at radius 3 is 2.50 bits per heavy atom. The Kier molecular flexibility index (Phi) is 6.37. The first kappa shape index (κ1) is 18.4. The first-order valence-electron chi connectivity index (χ1n) is 6.65. The van der Waals surface area contributed by atoms with Crippen molar-refractivity contribution in [2.75, 3.05) is 13.7 Å². The fraction of sp³-hybridized carbons (Fsp3) is 0.467. The van der Waals surface area contributed by atoms with Crippen LogP contribution in [0.3, 0.4) is 0 Å². The summed E-state index contributed by atoms with van der Waals surface area (Å²) in [7, 11) is 1.50. The van der Waals surface area contributed by atoms with Crippen LogP contribution in [-0.2, 0) is 14.3 Å². The number of nitrogens with one attached hydrogen (secondary N) is 1. The minimum atomic E-state index is -1.10. The van der Waals surface area contributed by atoms with E-state index in [1.807, 2.05) is 0 Å². The minimum Gasteiger partial charge on any atom is -0.497 e. The molecule has 7 heteroatoms. The Morgan fingerprint density at radius 2 is 2.00 bits per heavy atom. The summed E-state index contributed by atoms with van der Waals surface area (Å²) >= 11 is 3.31. The van der Waals surface area contributed by atoms with Gasteiger partial charge in [0.1, 0.15) is 17.4 Å². The third-order valence-electron chi connectivity index (χ3n) is 2.63. The highest BCUT2D eigenvalue weighted by atomic mass is 79.9. The molecule has 0 bridgehead atoms. The summed E-state index contributed by atoms with van der Waals surface area (Å²) in [5.74, 6) is -1.08. The fourth-order valence-corrected chi connectivity index (χ4v) is 2.24. The van der Waals surface area contributed by atoms with Crippen LogP contribution in [0.2, 0.25) is 0 Å². The Labute approximate surface area is 137 Å². The van der Waals surface area contributed by atoms with E-state index in [9.17, 15) is 14.7 Å². The molecule has 0 amide bonds. The summed E-state index contributed by atoms with van der Waals surface area (Å²) in [5, 5.41) is 12.1. The normalized spacial score (nSPS) is 12.6. The number of carboxylic acid groups (broad SMARTS) is 1. The van der Waals surface area contributed by atoms with Crippen molar-refractivity contribution in [1.82, 2.24) is 5.32 Å². The number of carboxylic acids is 1. The smallest absolute Gasteiger partial charge is 0.325 e. The second-order valence-electron chi connectivity index (χ2n) is 5.63. The van der Waals surface area contributed by atoms with E-state index in [0.717, 1.165) is 0 Å². The molecule has 1 atom stereocenters. The average Bonchev–Trinajstić information content (AvgIpc) is 2.38. The van der Waals surface area contributed by atoms with Gasteiger partial charge in [0.05, 0.1) is 13.7 Å². The lowest BCUT2D eigenvalue weighted by atomic mass is 10.1. The summed E-state index contributed by atoms with van der Waals surface area (Å²) in [5.41, 5.74) is -0.149. The number of benzene rings is 1. The van der Waals surface area contributed by atoms with Crippen LogP contribution in [-0.4, -0.2) is 36.3 Å². The number of ether oxygens (including phenoxy) is 2. The van der Waals surface area contributed by atoms with Gasteiger partial charge in [-0.15, -0.1) is 0 Å². The van der Waals surface area contributed by atoms with Crippen LogP contribution in [0, 0.1) is 0 Å². The molecule has 1 unspecified atom stereocenters. The van der Waals surface area contributed by atoms with E-state index in [4.69, 9.17) is 9.47 Å². The Balaban J connectivity index is 2.87. The maximum atomic E-state index is 11.7. The molecule has 0 saturated heterocycles. The van der Waals surface area contributed by atoms with Gasteiger partial charge in [0, 0.05) is 4.47 Å². The number of carbonyl (C=O) groups is 2. The Morgan fingerprint density at radius 1 is 1.36 bits per heavy atom. The first-order valence-corrected chi connectivity index (χ1v) is 7.45. The van der Waals surface area contributed by atoms with Crippen LogP contribution in [0.1, 0.15) is 32.4 Å². The summed E-state index contributed by atoms with van der Waals surface area (Å²) in [6.45, 7) is 5.03. The summed E-state index contributed by atoms with van der Waals surface area (Å²) in [4.78, 5) is 23.2. The highest BCUT2D eigenvalue weighted by Gasteiger charge is 2.24. The minimum absolute atomic E-state index is 0.210. The van der Waals surface area contributed by atoms with E-state index in [1.165, 1.54) is 7.11 Å². The van der Waals surface area contributed by atoms with Crippen LogP contribution in [0.15, 0.2) is 22.7 Å². The zero-order chi connectivity index (χ0) is 16.9. The third kappa shape index (κ3) is 5.65. The number of halogens is 1. The highest BCUT2D eigenvalue weighted by Crippen LogP contribution is 2.28. The molecule has 2 N–H and O–H groups in total. The molecule has 0 fully saturated rings. The van der Waals surface area contributed by atoms with Crippen LogP contribution >= 0.6 is 15.9 Å². The van der Waals surface area contributed by atoms with Gasteiger partial charge in [-0.2, -0.15) is 0 Å². The number of carbonyl (C=O) groups excluding carboxylic acids is 1. The molecule has 0 aliphatic heterocycles. The molecular formula is C15H20BrNO5. The van der Waals surface area contributed by atoms with Crippen LogP contribution < -0.4 is 10.1 Å². The van der Waals surface area contributed by atoms with Crippen molar-refractivity contribution < 1.29 is 24.2 Å². The predicted octanol–water partition coefficient (Wildman–Crippen LogP) is 2.51. The van der Waals surface area contributed by atoms with Gasteiger partial charge in [0.25, 0.3) is 0 Å². The molecule has 1 rings (SSSR count). The van der Waals surface area contributed by atoms with Gasteiger partial charge < -0.3 is 14.6 Å². The van der Waals surface area contributed by atoms with Crippen LogP contribution in [0.25, 0.3) is 0 Å². The molecule has 122 valence electrons. The molecule has 0 aliphatic rings. The Hall–Kier alpha value is -1.60. The molecule has 22 heavy (non-hydrogen) atoms. The quantitative estimate of drug-likeness (QED) is 0.745. The van der Waals surface area contributed by atoms with Crippen molar-refractivity contribution in [2.24, 2.45) is 0 Å². The number of hydrogen-bond donors (Lipinski definition) is 2. The lowest BCUT2D eigenvalue weighted by molar-refractivity contribution is -0.154. The molecular weight excluding hydrogens is 354 g/mol. The summed E-state index contributed by atoms with van der Waals surface area (Å²) < 4.78 is 10.9. The molecule has 0 saturated carbocycles. The van der Waals surface area contributed by atoms with Gasteiger partial charge in [0.2, 0.25) is 0 Å². The maximum absolute atomic E-state index is 11.7. The van der Waals surface area contributed by atoms with E-state index in [2.05, 4.69) is 21.2 Å². The number of rotatable bonds is 6. The molecule has 0 aromatic heterocycles. The highest BCUT2D eigenvalue weighted by molar-refractivity contribution is 9.10. The topological polar surface area (TPSA) is 84.9 Å². The average molecular weight is 374 g/mol. The van der Waals surface area contributed by atoms with Gasteiger partial charge in [-0.1, -0.05) is 15.9 Å². The number of methoxy groups -OCH3 is 1. The fourth-order valence-electron chi connectivity index (χ4n) is 1.76. The zero-order valence-corrected chi connectivity index (χ0v) is 14.6. The number of hydrogen-bond acceptors (Lipinski definition) is 5. The Bertz CT molecular complexity index is 553. The molecule has 1 aromatic rings. The molecule has 6 nitrogen and oxygen atoms in total. The molecule has 0 radical (unpaired) electrons. The van der Waals surface area contributed by atoms with Gasteiger partial charge in [-0.25, -0.2) is 0 Å². The van der Waals surface area contributed by atoms with Crippen molar-refractivity contribution in [1.29, 1.82) is 0 Å². The first-order chi connectivity index (χ1) is 10.1. The van der Waals surface area contributed by atoms with Gasteiger partial charge >= 0.3 is 11.9 Å². The van der Waals surface area contributed by atoms with Crippen molar-refractivity contribution in [3.8, 4) is 5.75 Å². The summed E-state index contributed by atoms with van der Waals surface area (Å²) in [6.07, 6.45) is 0. The second kappa shape index (κ2) is 7.60. The van der Waals surface area contributed by atoms with E-state index >= 15 is 0 Å². The summed E-state index contributed by atoms with van der Waals surface area (Å²) in [6, 6.07) is 3.95. The van der Waals surface area contributed by atoms with E-state index in [1.54, 1.807) is 39.0 Å². The SMILES string of the molecule is COc1ccc(Br)c(C(NCC(=O)OC(C)(C)C)C(=O)O)c1. The van der Waals surface area contributed by atoms with Crippen molar-refractivity contribution in [3.05, 3.63) is 28.2 Å². The van der Waals surface area contributed by atoms with E-state index < -0.39 is 23.6 Å². The lowest BCUT2D eigenvalue weighted by Gasteiger charge is -2.21. The van der Waals surface area contributed by atoms with Gasteiger partial charge in [0.15, 0.2) is 0 Å². The van der Waals surface area contributed by atoms with E-state index in [-0.39, 0.29) is 6.54 Å². The van der Waals surface area contributed by atoms with Crippen molar-refractivity contribution in [3.63, 3.8) is 0 Å². The maximum Gasteiger partial charge on any atom is 0.325 e. The van der Waals surface area contributed by atoms with Crippen LogP contribution in [0.5, 0.6) is 5.75 Å². The molecule has 0 spiro atoms. The molecule has 0 aliphatic carbocycles. The third-order valence-corrected chi connectivity index (χ3v) is 3.35. The van der Waals surface area contributed by atoms with Crippen molar-refractivity contribution >= 4 is 27.9 Å². The predicted molar refractivity (Wildman–Crippen MR) is 84.9 cm³/mol. The number of aliphatic carboxylic acids is 1. The lowest BCUT2D eigenvalue weighted by Crippen LogP contribution is -2.36.